The van der Waals surface area contributed by atoms with Gasteiger partial charge in [0.15, 0.2) is 0 Å². The van der Waals surface area contributed by atoms with Crippen LogP contribution in [0.25, 0.3) is 0 Å². The molecule has 0 saturated heterocycles. The van der Waals surface area contributed by atoms with Crippen molar-refractivity contribution in [3.63, 3.8) is 0 Å². The van der Waals surface area contributed by atoms with Gasteiger partial charge in [-0.1, -0.05) is 40.0 Å². The third-order valence-electron chi connectivity index (χ3n) is 4.25. The number of halogens is 3. The maximum atomic E-state index is 12.3. The zero-order chi connectivity index (χ0) is 24.2. The lowest BCUT2D eigenvalue weighted by Gasteiger charge is -2.10. The van der Waals surface area contributed by atoms with Crippen molar-refractivity contribution >= 4 is 10.1 Å². The fraction of sp³-hybridized carbons (Fsp3) is 0.700. The summed E-state index contributed by atoms with van der Waals surface area (Å²) in [6.07, 6.45) is 7.69. The Kier molecular flexibility index (Phi) is 11.8. The van der Waals surface area contributed by atoms with Crippen molar-refractivity contribution in [2.24, 2.45) is 0 Å². The molecule has 0 atom stereocenters. The van der Waals surface area contributed by atoms with E-state index in [4.69, 9.17) is 5.11 Å². The van der Waals surface area contributed by atoms with E-state index in [-0.39, 0.29) is 12.5 Å². The summed E-state index contributed by atoms with van der Waals surface area (Å²) in [4.78, 5) is 0. The monoisotopic (exact) mass is 482 g/mol. The van der Waals surface area contributed by atoms with Gasteiger partial charge in [0.1, 0.15) is 0 Å². The lowest BCUT2D eigenvalue weighted by molar-refractivity contribution is -0.0502. The Labute approximate surface area is 187 Å². The van der Waals surface area contributed by atoms with Crippen LogP contribution in [0.5, 0.6) is 5.88 Å². The Bertz CT molecular complexity index is 895. The molecule has 0 spiro atoms. The minimum absolute atomic E-state index is 0.239. The molecule has 0 aliphatic heterocycles. The van der Waals surface area contributed by atoms with Crippen molar-refractivity contribution in [1.29, 1.82) is 0 Å². The first-order valence-electron chi connectivity index (χ1n) is 10.8. The maximum Gasteiger partial charge on any atom is 0.534 e. The smallest absolute Gasteiger partial charge is 0.396 e. The number of alkyl halides is 3. The molecule has 12 heteroatoms. The molecule has 8 nitrogen and oxygen atoms in total. The van der Waals surface area contributed by atoms with Crippen molar-refractivity contribution in [1.82, 2.24) is 19.6 Å². The second-order valence-electron chi connectivity index (χ2n) is 7.18. The van der Waals surface area contributed by atoms with Crippen LogP contribution in [0.1, 0.15) is 64.3 Å². The average Bonchev–Trinajstić information content (AvgIpc) is 3.31. The van der Waals surface area contributed by atoms with E-state index in [1.807, 2.05) is 30.8 Å². The van der Waals surface area contributed by atoms with Crippen LogP contribution in [0.3, 0.4) is 0 Å². The lowest BCUT2D eigenvalue weighted by Crippen LogP contribution is -2.28. The highest BCUT2D eigenvalue weighted by Crippen LogP contribution is 2.27. The summed E-state index contributed by atoms with van der Waals surface area (Å²) in [6.45, 7) is 7.31. The molecule has 1 N–H and O–H groups in total. The Hall–Kier alpha value is -2.08. The molecule has 0 bridgehead atoms. The fourth-order valence-corrected chi connectivity index (χ4v) is 3.13. The summed E-state index contributed by atoms with van der Waals surface area (Å²) >= 11 is 0. The van der Waals surface area contributed by atoms with Gasteiger partial charge in [0, 0.05) is 32.0 Å². The molecule has 0 unspecified atom stereocenters. The molecular weight excluding hydrogens is 449 g/mol. The highest BCUT2D eigenvalue weighted by Gasteiger charge is 2.49. The van der Waals surface area contributed by atoms with E-state index in [1.54, 1.807) is 0 Å². The number of aryl methyl sites for hydroxylation is 4. The van der Waals surface area contributed by atoms with Crippen LogP contribution in [0.4, 0.5) is 13.2 Å². The van der Waals surface area contributed by atoms with E-state index in [9.17, 15) is 21.6 Å². The number of hydrogen-bond donors (Lipinski definition) is 1. The predicted octanol–water partition coefficient (Wildman–Crippen LogP) is 4.08. The Morgan fingerprint density at radius 3 is 2.22 bits per heavy atom. The Balaban J connectivity index is 0.000000363. The summed E-state index contributed by atoms with van der Waals surface area (Å²) in [6, 6.07) is 3.28. The van der Waals surface area contributed by atoms with Gasteiger partial charge in [0.2, 0.25) is 5.88 Å². The van der Waals surface area contributed by atoms with Crippen LogP contribution in [0.15, 0.2) is 18.3 Å². The van der Waals surface area contributed by atoms with Gasteiger partial charge in [-0.25, -0.2) is 4.68 Å². The van der Waals surface area contributed by atoms with Crippen LogP contribution < -0.4 is 4.18 Å². The van der Waals surface area contributed by atoms with Gasteiger partial charge in [-0.05, 0) is 31.7 Å². The zero-order valence-electron chi connectivity index (χ0n) is 18.8. The third-order valence-corrected chi connectivity index (χ3v) is 5.21. The standard InChI is InChI=1S/C11H17F3N2O3S.C9H16N2O/c1-3-5-7-16-10(8-9(15-16)6-4-2)19-20(17,18)11(12,13)14;1-2-4-9-5-7-11(10-9)6-3-8-12/h8H,3-7H2,1-2H3;5,7,12H,2-4,6,8H2,1H3. The minimum atomic E-state index is -5.66. The van der Waals surface area contributed by atoms with Crippen LogP contribution >= 0.6 is 0 Å². The first kappa shape index (κ1) is 28.0. The van der Waals surface area contributed by atoms with Gasteiger partial charge in [0.25, 0.3) is 0 Å². The molecule has 0 aliphatic rings. The van der Waals surface area contributed by atoms with Crippen molar-refractivity contribution in [3.05, 3.63) is 29.7 Å². The molecule has 0 fully saturated rings. The molecule has 0 radical (unpaired) electrons. The van der Waals surface area contributed by atoms with Crippen LogP contribution in [0.2, 0.25) is 0 Å². The van der Waals surface area contributed by atoms with Crippen LogP contribution in [-0.4, -0.2) is 45.2 Å². The van der Waals surface area contributed by atoms with Crippen molar-refractivity contribution < 1.29 is 30.9 Å². The third kappa shape index (κ3) is 9.19. The molecule has 2 heterocycles. The SMILES string of the molecule is CCCCn1nc(CCC)cc1OS(=O)(=O)C(F)(F)F.CCCc1ccn(CCCO)n1. The summed E-state index contributed by atoms with van der Waals surface area (Å²) < 4.78 is 66.2. The molecule has 32 heavy (non-hydrogen) atoms. The molecule has 0 amide bonds. The van der Waals surface area contributed by atoms with Crippen molar-refractivity contribution in [2.75, 3.05) is 6.61 Å². The average molecular weight is 483 g/mol. The van der Waals surface area contributed by atoms with Crippen LogP contribution in [-0.2, 0) is 36.0 Å². The number of unbranched alkanes of at least 4 members (excludes halogenated alkanes) is 1. The van der Waals surface area contributed by atoms with Crippen molar-refractivity contribution in [2.45, 2.75) is 84.3 Å². The Morgan fingerprint density at radius 1 is 1.00 bits per heavy atom. The van der Waals surface area contributed by atoms with Gasteiger partial charge >= 0.3 is 15.6 Å². The first-order chi connectivity index (χ1) is 15.1. The highest BCUT2D eigenvalue weighted by molar-refractivity contribution is 7.87. The van der Waals surface area contributed by atoms with Gasteiger partial charge in [0.05, 0.1) is 11.4 Å². The predicted molar refractivity (Wildman–Crippen MR) is 115 cm³/mol. The number of rotatable bonds is 12. The van der Waals surface area contributed by atoms with Gasteiger partial charge < -0.3 is 9.29 Å². The fourth-order valence-electron chi connectivity index (χ4n) is 2.67. The van der Waals surface area contributed by atoms with E-state index < -0.39 is 15.6 Å². The number of aliphatic hydroxyl groups is 1. The normalized spacial score (nSPS) is 11.8. The lowest BCUT2D eigenvalue weighted by atomic mass is 10.3. The van der Waals surface area contributed by atoms with E-state index in [0.717, 1.165) is 49.0 Å². The molecule has 2 aromatic rings. The minimum Gasteiger partial charge on any atom is -0.396 e. The molecule has 0 aliphatic carbocycles. The number of nitrogens with zero attached hydrogens (tertiary/aromatic N) is 4. The molecule has 0 saturated carbocycles. The maximum absolute atomic E-state index is 12.3. The second-order valence-corrected chi connectivity index (χ2v) is 8.72. The molecule has 2 rings (SSSR count). The number of aromatic nitrogens is 4. The highest BCUT2D eigenvalue weighted by atomic mass is 32.2. The topological polar surface area (TPSA) is 99.2 Å². The molecule has 2 aromatic heterocycles. The van der Waals surface area contributed by atoms with Crippen LogP contribution in [0, 0.1) is 0 Å². The summed E-state index contributed by atoms with van der Waals surface area (Å²) in [5, 5.41) is 17.0. The van der Waals surface area contributed by atoms with E-state index in [0.29, 0.717) is 25.1 Å². The molecule has 0 aromatic carbocycles. The van der Waals surface area contributed by atoms with Gasteiger partial charge in [-0.3, -0.25) is 4.68 Å². The largest absolute Gasteiger partial charge is 0.534 e. The van der Waals surface area contributed by atoms with Crippen molar-refractivity contribution in [3.8, 4) is 5.88 Å². The quantitative estimate of drug-likeness (QED) is 0.362. The summed E-state index contributed by atoms with van der Waals surface area (Å²) in [5.74, 6) is -0.390. The molecular formula is C20H33F3N4O4S. The summed E-state index contributed by atoms with van der Waals surface area (Å²) in [7, 11) is -5.66. The van der Waals surface area contributed by atoms with E-state index in [2.05, 4.69) is 21.3 Å². The molecule has 184 valence electrons. The number of aliphatic hydroxyl groups excluding tert-OH is 1. The van der Waals surface area contributed by atoms with Gasteiger partial charge in [-0.2, -0.15) is 31.8 Å². The number of hydrogen-bond acceptors (Lipinski definition) is 6. The zero-order valence-corrected chi connectivity index (χ0v) is 19.6. The first-order valence-corrected chi connectivity index (χ1v) is 12.2. The summed E-state index contributed by atoms with van der Waals surface area (Å²) in [5.41, 5.74) is -3.79. The van der Waals surface area contributed by atoms with Gasteiger partial charge in [-0.15, -0.1) is 0 Å². The van der Waals surface area contributed by atoms with E-state index in [1.165, 1.54) is 6.07 Å². The Morgan fingerprint density at radius 2 is 1.66 bits per heavy atom. The van der Waals surface area contributed by atoms with E-state index >= 15 is 0 Å². The second kappa shape index (κ2) is 13.5.